The fraction of sp³-hybridized carbons (Fsp3) is 0.529. The fourth-order valence-corrected chi connectivity index (χ4v) is 2.42. The molecular formula is C17H24O5. The summed E-state index contributed by atoms with van der Waals surface area (Å²) >= 11 is 0. The Bertz CT molecular complexity index is 524. The Kier molecular flexibility index (Phi) is 6.89. The SMILES string of the molecule is CCOC(=O)OC(C)CC(C)c1cc(CC)ccc1C(=O)O. The van der Waals surface area contributed by atoms with Crippen molar-refractivity contribution in [1.29, 1.82) is 0 Å². The van der Waals surface area contributed by atoms with Gasteiger partial charge in [-0.3, -0.25) is 0 Å². The van der Waals surface area contributed by atoms with E-state index in [4.69, 9.17) is 9.47 Å². The normalized spacial score (nSPS) is 13.3. The van der Waals surface area contributed by atoms with Gasteiger partial charge in [0, 0.05) is 0 Å². The summed E-state index contributed by atoms with van der Waals surface area (Å²) in [5.74, 6) is -0.981. The summed E-state index contributed by atoms with van der Waals surface area (Å²) in [5.41, 5.74) is 2.16. The molecule has 0 bridgehead atoms. The van der Waals surface area contributed by atoms with Crippen molar-refractivity contribution >= 4 is 12.1 Å². The summed E-state index contributed by atoms with van der Waals surface area (Å²) in [4.78, 5) is 22.7. The lowest BCUT2D eigenvalue weighted by Gasteiger charge is -2.20. The van der Waals surface area contributed by atoms with E-state index in [2.05, 4.69) is 0 Å². The molecule has 0 heterocycles. The van der Waals surface area contributed by atoms with Gasteiger partial charge in [-0.1, -0.05) is 26.0 Å². The van der Waals surface area contributed by atoms with Crippen LogP contribution in [0.15, 0.2) is 18.2 Å². The van der Waals surface area contributed by atoms with Crippen LogP contribution in [0.4, 0.5) is 4.79 Å². The minimum absolute atomic E-state index is 0.0398. The van der Waals surface area contributed by atoms with E-state index < -0.39 is 12.1 Å². The van der Waals surface area contributed by atoms with Crippen molar-refractivity contribution in [2.45, 2.75) is 52.6 Å². The van der Waals surface area contributed by atoms with Crippen LogP contribution in [0.3, 0.4) is 0 Å². The average molecular weight is 308 g/mol. The molecule has 0 fully saturated rings. The predicted molar refractivity (Wildman–Crippen MR) is 83.4 cm³/mol. The Morgan fingerprint density at radius 1 is 1.23 bits per heavy atom. The first-order chi connectivity index (χ1) is 10.4. The molecule has 1 aromatic carbocycles. The monoisotopic (exact) mass is 308 g/mol. The van der Waals surface area contributed by atoms with E-state index in [1.807, 2.05) is 26.0 Å². The molecule has 2 atom stereocenters. The van der Waals surface area contributed by atoms with E-state index in [-0.39, 0.29) is 18.6 Å². The number of hydrogen-bond acceptors (Lipinski definition) is 4. The first-order valence-electron chi connectivity index (χ1n) is 7.58. The third-order valence-electron chi connectivity index (χ3n) is 3.53. The summed E-state index contributed by atoms with van der Waals surface area (Å²) in [7, 11) is 0. The number of carboxylic acid groups (broad SMARTS) is 1. The van der Waals surface area contributed by atoms with Gasteiger partial charge in [-0.2, -0.15) is 0 Å². The zero-order chi connectivity index (χ0) is 16.7. The van der Waals surface area contributed by atoms with E-state index in [1.54, 1.807) is 19.9 Å². The second-order valence-electron chi connectivity index (χ2n) is 5.33. The molecule has 5 nitrogen and oxygen atoms in total. The van der Waals surface area contributed by atoms with Crippen molar-refractivity contribution < 1.29 is 24.2 Å². The Labute approximate surface area is 131 Å². The van der Waals surface area contributed by atoms with Gasteiger partial charge in [0.05, 0.1) is 12.2 Å². The fourth-order valence-electron chi connectivity index (χ4n) is 2.42. The summed E-state index contributed by atoms with van der Waals surface area (Å²) in [5, 5.41) is 9.32. The molecule has 0 aliphatic heterocycles. The van der Waals surface area contributed by atoms with Crippen molar-refractivity contribution in [2.24, 2.45) is 0 Å². The van der Waals surface area contributed by atoms with E-state index in [1.165, 1.54) is 0 Å². The van der Waals surface area contributed by atoms with Crippen LogP contribution in [0.5, 0.6) is 0 Å². The third-order valence-corrected chi connectivity index (χ3v) is 3.53. The number of aromatic carboxylic acids is 1. The van der Waals surface area contributed by atoms with E-state index in [0.717, 1.165) is 17.5 Å². The molecule has 2 unspecified atom stereocenters. The van der Waals surface area contributed by atoms with Crippen LogP contribution < -0.4 is 0 Å². The van der Waals surface area contributed by atoms with Gasteiger partial charge in [-0.05, 0) is 49.8 Å². The van der Waals surface area contributed by atoms with E-state index in [9.17, 15) is 14.7 Å². The topological polar surface area (TPSA) is 72.8 Å². The molecule has 1 N–H and O–H groups in total. The van der Waals surface area contributed by atoms with Gasteiger partial charge < -0.3 is 14.6 Å². The maximum Gasteiger partial charge on any atom is 0.508 e. The lowest BCUT2D eigenvalue weighted by Crippen LogP contribution is -2.19. The van der Waals surface area contributed by atoms with Gasteiger partial charge in [0.2, 0.25) is 0 Å². The summed E-state index contributed by atoms with van der Waals surface area (Å²) in [6.07, 6.45) is 0.338. The number of aryl methyl sites for hydroxylation is 1. The van der Waals surface area contributed by atoms with Gasteiger partial charge in [0.1, 0.15) is 6.10 Å². The van der Waals surface area contributed by atoms with Gasteiger partial charge in [-0.15, -0.1) is 0 Å². The maximum atomic E-state index is 11.4. The molecule has 1 aromatic rings. The van der Waals surface area contributed by atoms with Crippen LogP contribution in [-0.2, 0) is 15.9 Å². The second-order valence-corrected chi connectivity index (χ2v) is 5.33. The number of ether oxygens (including phenoxy) is 2. The molecule has 0 aliphatic rings. The van der Waals surface area contributed by atoms with Crippen LogP contribution in [0.1, 0.15) is 61.5 Å². The van der Waals surface area contributed by atoms with Crippen LogP contribution in [0, 0.1) is 0 Å². The van der Waals surface area contributed by atoms with Crippen molar-refractivity contribution in [3.05, 3.63) is 34.9 Å². The lowest BCUT2D eigenvalue weighted by molar-refractivity contribution is 0.0278. The summed E-state index contributed by atoms with van der Waals surface area (Å²) in [6, 6.07) is 5.40. The number of hydrogen-bond donors (Lipinski definition) is 1. The number of carbonyl (C=O) groups is 2. The smallest absolute Gasteiger partial charge is 0.478 e. The Morgan fingerprint density at radius 3 is 2.45 bits per heavy atom. The Balaban J connectivity index is 2.85. The van der Waals surface area contributed by atoms with Gasteiger partial charge in [0.15, 0.2) is 0 Å². The van der Waals surface area contributed by atoms with Crippen LogP contribution in [0.2, 0.25) is 0 Å². The largest absolute Gasteiger partial charge is 0.508 e. The highest BCUT2D eigenvalue weighted by Gasteiger charge is 2.20. The number of benzene rings is 1. The highest BCUT2D eigenvalue weighted by atomic mass is 16.7. The van der Waals surface area contributed by atoms with Crippen molar-refractivity contribution in [2.75, 3.05) is 6.61 Å². The van der Waals surface area contributed by atoms with Crippen LogP contribution in [-0.4, -0.2) is 29.9 Å². The third kappa shape index (κ3) is 5.06. The molecule has 122 valence electrons. The summed E-state index contributed by atoms with van der Waals surface area (Å²) < 4.78 is 9.87. The number of carboxylic acids is 1. The van der Waals surface area contributed by atoms with Crippen LogP contribution in [0.25, 0.3) is 0 Å². The van der Waals surface area contributed by atoms with Crippen LogP contribution >= 0.6 is 0 Å². The first kappa shape index (κ1) is 18.0. The minimum atomic E-state index is -0.941. The van der Waals surface area contributed by atoms with Gasteiger partial charge in [-0.25, -0.2) is 9.59 Å². The maximum absolute atomic E-state index is 11.4. The molecule has 0 radical (unpaired) electrons. The summed E-state index contributed by atoms with van der Waals surface area (Å²) in [6.45, 7) is 7.72. The molecule has 0 saturated heterocycles. The molecule has 22 heavy (non-hydrogen) atoms. The molecule has 0 saturated carbocycles. The zero-order valence-corrected chi connectivity index (χ0v) is 13.6. The minimum Gasteiger partial charge on any atom is -0.478 e. The van der Waals surface area contributed by atoms with E-state index in [0.29, 0.717) is 12.0 Å². The predicted octanol–water partition coefficient (Wildman–Crippen LogP) is 4.00. The lowest BCUT2D eigenvalue weighted by atomic mass is 9.89. The first-order valence-corrected chi connectivity index (χ1v) is 7.58. The molecule has 0 amide bonds. The van der Waals surface area contributed by atoms with E-state index >= 15 is 0 Å². The van der Waals surface area contributed by atoms with Crippen molar-refractivity contribution in [1.82, 2.24) is 0 Å². The zero-order valence-electron chi connectivity index (χ0n) is 13.6. The highest BCUT2D eigenvalue weighted by molar-refractivity contribution is 5.89. The molecule has 0 aliphatic carbocycles. The number of rotatable bonds is 7. The molecule has 0 spiro atoms. The van der Waals surface area contributed by atoms with Gasteiger partial charge >= 0.3 is 12.1 Å². The Morgan fingerprint density at radius 2 is 1.91 bits per heavy atom. The molecular weight excluding hydrogens is 284 g/mol. The number of carbonyl (C=O) groups excluding carboxylic acids is 1. The molecule has 1 rings (SSSR count). The average Bonchev–Trinajstić information content (AvgIpc) is 2.46. The Hall–Kier alpha value is -2.04. The molecule has 5 heteroatoms. The molecule has 0 aromatic heterocycles. The van der Waals surface area contributed by atoms with Crippen molar-refractivity contribution in [3.8, 4) is 0 Å². The quantitative estimate of drug-likeness (QED) is 0.771. The standard InChI is InChI=1S/C17H24O5/c1-5-13-7-8-14(16(18)19)15(10-13)11(3)9-12(4)22-17(20)21-6-2/h7-8,10-12H,5-6,9H2,1-4H3,(H,18,19). The second kappa shape index (κ2) is 8.41. The highest BCUT2D eigenvalue weighted by Crippen LogP contribution is 2.27. The van der Waals surface area contributed by atoms with Crippen molar-refractivity contribution in [3.63, 3.8) is 0 Å². The van der Waals surface area contributed by atoms with Gasteiger partial charge in [0.25, 0.3) is 0 Å².